The van der Waals surface area contributed by atoms with E-state index in [9.17, 15) is 9.59 Å². The number of hydrogen-bond acceptors (Lipinski definition) is 3. The molecule has 2 aromatic carbocycles. The normalized spacial score (nSPS) is 11.9. The molecular formula is C23H28Br2N2O2S. The van der Waals surface area contributed by atoms with E-state index < -0.39 is 6.04 Å². The summed E-state index contributed by atoms with van der Waals surface area (Å²) in [6.07, 6.45) is 0. The zero-order valence-corrected chi connectivity index (χ0v) is 21.5. The van der Waals surface area contributed by atoms with Crippen molar-refractivity contribution < 1.29 is 9.59 Å². The molecule has 162 valence electrons. The fourth-order valence-corrected chi connectivity index (χ4v) is 4.14. The highest BCUT2D eigenvalue weighted by molar-refractivity contribution is 9.10. The Labute approximate surface area is 200 Å². The number of halogens is 2. The highest BCUT2D eigenvalue weighted by atomic mass is 79.9. The van der Waals surface area contributed by atoms with Gasteiger partial charge in [-0.3, -0.25) is 9.59 Å². The van der Waals surface area contributed by atoms with Crippen LogP contribution in [0.3, 0.4) is 0 Å². The van der Waals surface area contributed by atoms with Crippen LogP contribution >= 0.6 is 43.6 Å². The third-order valence-corrected chi connectivity index (χ3v) is 6.57. The number of thioether (sulfide) groups is 1. The van der Waals surface area contributed by atoms with E-state index in [1.54, 1.807) is 23.6 Å². The zero-order chi connectivity index (χ0) is 22.1. The van der Waals surface area contributed by atoms with Crippen LogP contribution < -0.4 is 5.32 Å². The lowest BCUT2D eigenvalue weighted by Crippen LogP contribution is -2.48. The van der Waals surface area contributed by atoms with Crippen LogP contribution in [-0.4, -0.2) is 35.1 Å². The molecule has 0 heterocycles. The predicted molar refractivity (Wildman–Crippen MR) is 132 cm³/mol. The molecule has 0 aromatic heterocycles. The third kappa shape index (κ3) is 8.44. The molecule has 0 bridgehead atoms. The van der Waals surface area contributed by atoms with Crippen LogP contribution in [0.5, 0.6) is 0 Å². The van der Waals surface area contributed by atoms with Gasteiger partial charge in [-0.15, -0.1) is 11.8 Å². The van der Waals surface area contributed by atoms with Crippen LogP contribution in [0.2, 0.25) is 0 Å². The van der Waals surface area contributed by atoms with Crippen LogP contribution in [0, 0.1) is 5.92 Å². The van der Waals surface area contributed by atoms with E-state index in [1.165, 1.54) is 0 Å². The van der Waals surface area contributed by atoms with Crippen LogP contribution in [0.15, 0.2) is 57.5 Å². The van der Waals surface area contributed by atoms with E-state index in [-0.39, 0.29) is 11.8 Å². The highest BCUT2D eigenvalue weighted by Crippen LogP contribution is 2.19. The van der Waals surface area contributed by atoms with Crippen molar-refractivity contribution in [3.8, 4) is 0 Å². The fraction of sp³-hybridized carbons (Fsp3) is 0.391. The Balaban J connectivity index is 2.04. The topological polar surface area (TPSA) is 49.4 Å². The lowest BCUT2D eigenvalue weighted by atomic mass is 10.1. The number of rotatable bonds is 10. The summed E-state index contributed by atoms with van der Waals surface area (Å²) >= 11 is 8.43. The third-order valence-electron chi connectivity index (χ3n) is 4.53. The van der Waals surface area contributed by atoms with E-state index in [4.69, 9.17) is 0 Å². The monoisotopic (exact) mass is 554 g/mol. The van der Waals surface area contributed by atoms with Crippen molar-refractivity contribution in [3.05, 3.63) is 68.6 Å². The maximum absolute atomic E-state index is 13.1. The Morgan fingerprint density at radius 1 is 0.933 bits per heavy atom. The van der Waals surface area contributed by atoms with E-state index in [0.717, 1.165) is 25.8 Å². The second-order valence-corrected chi connectivity index (χ2v) is 10.4. The Morgan fingerprint density at radius 3 is 2.00 bits per heavy atom. The van der Waals surface area contributed by atoms with Gasteiger partial charge in [0.25, 0.3) is 0 Å². The maximum atomic E-state index is 13.1. The van der Waals surface area contributed by atoms with Gasteiger partial charge in [0.15, 0.2) is 0 Å². The summed E-state index contributed by atoms with van der Waals surface area (Å²) < 4.78 is 2.02. The van der Waals surface area contributed by atoms with Crippen molar-refractivity contribution in [2.45, 2.75) is 39.1 Å². The van der Waals surface area contributed by atoms with Crippen LogP contribution in [0.25, 0.3) is 0 Å². The number of nitrogens with zero attached hydrogens (tertiary/aromatic N) is 1. The number of hydrogen-bond donors (Lipinski definition) is 1. The summed E-state index contributed by atoms with van der Waals surface area (Å²) in [5, 5.41) is 2.95. The van der Waals surface area contributed by atoms with Gasteiger partial charge in [0, 0.05) is 27.8 Å². The first-order valence-corrected chi connectivity index (χ1v) is 12.6. The van der Waals surface area contributed by atoms with Gasteiger partial charge in [0.2, 0.25) is 11.8 Å². The molecule has 0 aliphatic rings. The summed E-state index contributed by atoms with van der Waals surface area (Å²) in [5.74, 6) is 1.28. The summed E-state index contributed by atoms with van der Waals surface area (Å²) in [4.78, 5) is 27.4. The van der Waals surface area contributed by atoms with Gasteiger partial charge in [-0.2, -0.15) is 0 Å². The molecule has 1 unspecified atom stereocenters. The quantitative estimate of drug-likeness (QED) is 0.413. The average Bonchev–Trinajstić information content (AvgIpc) is 2.72. The molecule has 0 saturated heterocycles. The first-order chi connectivity index (χ1) is 14.3. The van der Waals surface area contributed by atoms with E-state index in [2.05, 4.69) is 51.0 Å². The molecule has 1 atom stereocenters. The molecule has 0 spiro atoms. The molecule has 4 nitrogen and oxygen atoms in total. The van der Waals surface area contributed by atoms with E-state index in [0.29, 0.717) is 24.8 Å². The number of nitrogens with one attached hydrogen (secondary N) is 1. The Morgan fingerprint density at radius 2 is 1.47 bits per heavy atom. The molecular weight excluding hydrogens is 528 g/mol. The second kappa shape index (κ2) is 12.5. The lowest BCUT2D eigenvalue weighted by molar-refractivity contribution is -0.138. The second-order valence-electron chi connectivity index (χ2n) is 7.58. The maximum Gasteiger partial charge on any atom is 0.242 e. The summed E-state index contributed by atoms with van der Waals surface area (Å²) in [6.45, 7) is 6.90. The molecule has 30 heavy (non-hydrogen) atoms. The molecule has 2 amide bonds. The largest absolute Gasteiger partial charge is 0.354 e. The molecule has 7 heteroatoms. The SMILES string of the molecule is CC(C)CNC(=O)C(C)N(Cc1ccc(Br)cc1)C(=O)CSCc1ccc(Br)cc1. The number of benzene rings is 2. The highest BCUT2D eigenvalue weighted by Gasteiger charge is 2.26. The first-order valence-electron chi connectivity index (χ1n) is 9.90. The smallest absolute Gasteiger partial charge is 0.242 e. The number of carbonyl (C=O) groups is 2. The van der Waals surface area contributed by atoms with Crippen LogP contribution in [0.4, 0.5) is 0 Å². The minimum atomic E-state index is -0.534. The van der Waals surface area contributed by atoms with Gasteiger partial charge in [-0.25, -0.2) is 0 Å². The van der Waals surface area contributed by atoms with Crippen molar-refractivity contribution in [1.29, 1.82) is 0 Å². The number of carbonyl (C=O) groups excluding carboxylic acids is 2. The van der Waals surface area contributed by atoms with Crippen molar-refractivity contribution >= 4 is 55.4 Å². The van der Waals surface area contributed by atoms with Crippen molar-refractivity contribution in [2.75, 3.05) is 12.3 Å². The molecule has 0 fully saturated rings. The van der Waals surface area contributed by atoms with Crippen molar-refractivity contribution in [1.82, 2.24) is 10.2 Å². The van der Waals surface area contributed by atoms with Gasteiger partial charge >= 0.3 is 0 Å². The molecule has 0 aliphatic carbocycles. The fourth-order valence-electron chi connectivity index (χ4n) is 2.74. The minimum absolute atomic E-state index is 0.0350. The zero-order valence-electron chi connectivity index (χ0n) is 17.5. The Bertz CT molecular complexity index is 826. The summed E-state index contributed by atoms with van der Waals surface area (Å²) in [6, 6.07) is 15.4. The van der Waals surface area contributed by atoms with Gasteiger partial charge in [-0.1, -0.05) is 70.0 Å². The van der Waals surface area contributed by atoms with Crippen molar-refractivity contribution in [3.63, 3.8) is 0 Å². The predicted octanol–water partition coefficient (Wildman–Crippen LogP) is 5.63. The van der Waals surface area contributed by atoms with E-state index in [1.807, 2.05) is 48.5 Å². The van der Waals surface area contributed by atoms with Gasteiger partial charge < -0.3 is 10.2 Å². The molecule has 2 aromatic rings. The van der Waals surface area contributed by atoms with Gasteiger partial charge in [0.1, 0.15) is 6.04 Å². The van der Waals surface area contributed by atoms with Crippen LogP contribution in [-0.2, 0) is 21.9 Å². The average molecular weight is 556 g/mol. The van der Waals surface area contributed by atoms with Gasteiger partial charge in [0.05, 0.1) is 5.75 Å². The Hall–Kier alpha value is -1.31. The minimum Gasteiger partial charge on any atom is -0.354 e. The summed E-state index contributed by atoms with van der Waals surface area (Å²) in [5.41, 5.74) is 2.16. The van der Waals surface area contributed by atoms with E-state index >= 15 is 0 Å². The van der Waals surface area contributed by atoms with Gasteiger partial charge in [-0.05, 0) is 48.2 Å². The molecule has 1 N–H and O–H groups in total. The molecule has 0 aliphatic heterocycles. The summed E-state index contributed by atoms with van der Waals surface area (Å²) in [7, 11) is 0. The molecule has 0 saturated carbocycles. The van der Waals surface area contributed by atoms with Crippen LogP contribution in [0.1, 0.15) is 31.9 Å². The first kappa shape index (κ1) is 25.0. The Kier molecular flexibility index (Phi) is 10.4. The lowest BCUT2D eigenvalue weighted by Gasteiger charge is -2.29. The number of amides is 2. The molecule has 2 rings (SSSR count). The van der Waals surface area contributed by atoms with Crippen molar-refractivity contribution in [2.24, 2.45) is 5.92 Å². The standard InChI is InChI=1S/C23H28Br2N2O2S/c1-16(2)12-26-23(29)17(3)27(13-18-4-8-20(24)9-5-18)22(28)15-30-14-19-6-10-21(25)11-7-19/h4-11,16-17H,12-15H2,1-3H3,(H,26,29). The molecule has 0 radical (unpaired) electrons.